The van der Waals surface area contributed by atoms with Crippen LogP contribution in [0.2, 0.25) is 0 Å². The Morgan fingerprint density at radius 1 is 1.32 bits per heavy atom. The van der Waals surface area contributed by atoms with E-state index in [1.54, 1.807) is 13.2 Å². The van der Waals surface area contributed by atoms with E-state index in [0.717, 1.165) is 6.42 Å². The highest BCUT2D eigenvalue weighted by atomic mass is 35.5. The first-order chi connectivity index (χ1) is 13.3. The number of alkyl halides is 1. The summed E-state index contributed by atoms with van der Waals surface area (Å²) >= 11 is 7.53. The van der Waals surface area contributed by atoms with E-state index in [1.165, 1.54) is 11.8 Å². The highest BCUT2D eigenvalue weighted by molar-refractivity contribution is 7.99. The summed E-state index contributed by atoms with van der Waals surface area (Å²) in [5.41, 5.74) is -0.734. The van der Waals surface area contributed by atoms with Crippen LogP contribution in [0.15, 0.2) is 12.2 Å². The minimum absolute atomic E-state index is 0.125. The van der Waals surface area contributed by atoms with Gasteiger partial charge in [0.15, 0.2) is 0 Å². The van der Waals surface area contributed by atoms with Gasteiger partial charge < -0.3 is 35.4 Å². The molecule has 1 amide bonds. The molecule has 160 valence electrons. The predicted octanol–water partition coefficient (Wildman–Crippen LogP) is -0.798. The molecule has 0 aromatic rings. The van der Waals surface area contributed by atoms with E-state index in [2.05, 4.69) is 22.8 Å². The lowest BCUT2D eigenvalue weighted by atomic mass is 9.92. The Balaban J connectivity index is 1.72. The summed E-state index contributed by atoms with van der Waals surface area (Å²) in [5, 5.41) is 36.2. The molecule has 5 N–H and O–H groups in total. The maximum Gasteiger partial charge on any atom is 0.240 e. The smallest absolute Gasteiger partial charge is 0.240 e. The number of fused-ring (bicyclic) bond motifs is 1. The largest absolute Gasteiger partial charge is 0.388 e. The van der Waals surface area contributed by atoms with E-state index in [4.69, 9.17) is 21.1 Å². The molecule has 0 aromatic heterocycles. The Morgan fingerprint density at radius 2 is 2.07 bits per heavy atom. The molecule has 0 radical (unpaired) electrons. The van der Waals surface area contributed by atoms with Crippen molar-refractivity contribution in [3.8, 4) is 0 Å². The van der Waals surface area contributed by atoms with Crippen LogP contribution in [-0.4, -0.2) is 94.1 Å². The number of carbonyl (C=O) groups excluding carboxylic acids is 1. The zero-order chi connectivity index (χ0) is 20.4. The number of hydrogen-bond acceptors (Lipinski definition) is 8. The van der Waals surface area contributed by atoms with Crippen LogP contribution in [0.3, 0.4) is 0 Å². The molecule has 3 heterocycles. The van der Waals surface area contributed by atoms with E-state index >= 15 is 0 Å². The predicted molar refractivity (Wildman–Crippen MR) is 106 cm³/mol. The van der Waals surface area contributed by atoms with Crippen LogP contribution in [0, 0.1) is 5.92 Å². The summed E-state index contributed by atoms with van der Waals surface area (Å²) in [6.07, 6.45) is 1.46. The van der Waals surface area contributed by atoms with Gasteiger partial charge in [-0.05, 0) is 19.6 Å². The summed E-state index contributed by atoms with van der Waals surface area (Å²) in [6, 6.07) is -1.30. The highest BCUT2D eigenvalue weighted by Crippen LogP contribution is 2.30. The summed E-state index contributed by atoms with van der Waals surface area (Å²) in [5.74, 6) is -0.170. The number of aliphatic hydroxyl groups is 3. The number of hydrogen-bond donors (Lipinski definition) is 5. The molecule has 3 aliphatic rings. The van der Waals surface area contributed by atoms with Crippen molar-refractivity contribution in [1.29, 1.82) is 0 Å². The lowest BCUT2D eigenvalue weighted by Crippen LogP contribution is -2.65. The lowest BCUT2D eigenvalue weighted by Gasteiger charge is -2.44. The molecule has 28 heavy (non-hydrogen) atoms. The second-order valence-electron chi connectivity index (χ2n) is 7.49. The second kappa shape index (κ2) is 9.61. The maximum absolute atomic E-state index is 13.0. The van der Waals surface area contributed by atoms with Gasteiger partial charge in [0.25, 0.3) is 0 Å². The molecular formula is C18H29ClN2O6S. The molecule has 3 aliphatic heterocycles. The Kier molecular flexibility index (Phi) is 7.66. The summed E-state index contributed by atoms with van der Waals surface area (Å²) in [6.45, 7) is 2.88. The van der Waals surface area contributed by atoms with Gasteiger partial charge in [0.05, 0.1) is 24.1 Å². The van der Waals surface area contributed by atoms with Crippen LogP contribution in [0.5, 0.6) is 0 Å². The van der Waals surface area contributed by atoms with Crippen molar-refractivity contribution in [2.24, 2.45) is 5.92 Å². The molecule has 0 saturated carbocycles. The lowest BCUT2D eigenvalue weighted by molar-refractivity contribution is -0.205. The molecule has 0 bridgehead atoms. The number of thioether (sulfide) groups is 1. The van der Waals surface area contributed by atoms with Gasteiger partial charge in [-0.2, -0.15) is 0 Å². The van der Waals surface area contributed by atoms with Crippen LogP contribution in [0.1, 0.15) is 13.3 Å². The third-order valence-electron chi connectivity index (χ3n) is 5.58. The van der Waals surface area contributed by atoms with Crippen LogP contribution >= 0.6 is 23.4 Å². The minimum atomic E-state index is -1.39. The molecule has 3 rings (SSSR count). The van der Waals surface area contributed by atoms with E-state index in [1.807, 2.05) is 0 Å². The molecule has 0 aromatic carbocycles. The van der Waals surface area contributed by atoms with Crippen molar-refractivity contribution in [2.75, 3.05) is 19.4 Å². The molecule has 0 aliphatic carbocycles. The van der Waals surface area contributed by atoms with Crippen LogP contribution in [0.4, 0.5) is 0 Å². The summed E-state index contributed by atoms with van der Waals surface area (Å²) in [4.78, 5) is 13.0. The van der Waals surface area contributed by atoms with Gasteiger partial charge in [0.2, 0.25) is 5.91 Å². The van der Waals surface area contributed by atoms with E-state index in [-0.39, 0.29) is 17.9 Å². The van der Waals surface area contributed by atoms with Crippen LogP contribution in [-0.2, 0) is 14.3 Å². The number of nitrogens with one attached hydrogen (secondary N) is 2. The number of aliphatic hydroxyl groups excluding tert-OH is 3. The zero-order valence-corrected chi connectivity index (χ0v) is 17.5. The molecule has 8 nitrogen and oxygen atoms in total. The number of halogens is 1. The summed E-state index contributed by atoms with van der Waals surface area (Å²) in [7, 11) is 0. The molecular weight excluding hydrogens is 408 g/mol. The number of ether oxygens (including phenoxy) is 2. The van der Waals surface area contributed by atoms with Gasteiger partial charge in [-0.3, -0.25) is 4.79 Å². The quantitative estimate of drug-likeness (QED) is 0.281. The van der Waals surface area contributed by atoms with Crippen molar-refractivity contribution in [2.45, 2.75) is 66.8 Å². The number of carbonyl (C=O) groups is 1. The highest BCUT2D eigenvalue weighted by Gasteiger charge is 2.49. The van der Waals surface area contributed by atoms with Crippen molar-refractivity contribution in [3.05, 3.63) is 12.2 Å². The van der Waals surface area contributed by atoms with Gasteiger partial charge in [0.1, 0.15) is 35.9 Å². The molecule has 2 fully saturated rings. The van der Waals surface area contributed by atoms with Crippen LogP contribution < -0.4 is 10.6 Å². The average molecular weight is 437 g/mol. The van der Waals surface area contributed by atoms with Gasteiger partial charge >= 0.3 is 0 Å². The van der Waals surface area contributed by atoms with Crippen molar-refractivity contribution < 1.29 is 29.6 Å². The second-order valence-corrected chi connectivity index (χ2v) is 9.11. The molecule has 0 spiro atoms. The third-order valence-corrected chi connectivity index (χ3v) is 6.71. The monoisotopic (exact) mass is 436 g/mol. The summed E-state index contributed by atoms with van der Waals surface area (Å²) < 4.78 is 11.6. The van der Waals surface area contributed by atoms with Gasteiger partial charge in [0, 0.05) is 12.5 Å². The molecule has 10 heteroatoms. The number of rotatable bonds is 5. The fraction of sp³-hybridized carbons (Fsp3) is 0.833. The van der Waals surface area contributed by atoms with Gasteiger partial charge in [-0.15, -0.1) is 23.4 Å². The van der Waals surface area contributed by atoms with Crippen molar-refractivity contribution >= 4 is 29.3 Å². The topological polar surface area (TPSA) is 120 Å². The fourth-order valence-corrected chi connectivity index (χ4v) is 4.89. The first-order valence-electron chi connectivity index (χ1n) is 9.53. The SMILES string of the molecule is CSC1OC([C@H](NC(=O)[C@H]2NC[C@@H]3C=CCCO[C@@H]23)[C@H](C)Cl)C(O)C(O)C1O. The molecule has 5 unspecified atom stereocenters. The van der Waals surface area contributed by atoms with Gasteiger partial charge in [-0.1, -0.05) is 12.2 Å². The normalized spacial score (nSPS) is 43.1. The van der Waals surface area contributed by atoms with E-state index < -0.39 is 47.3 Å². The van der Waals surface area contributed by atoms with E-state index in [0.29, 0.717) is 13.2 Å². The Morgan fingerprint density at radius 3 is 2.75 bits per heavy atom. The first kappa shape index (κ1) is 22.3. The van der Waals surface area contributed by atoms with E-state index in [9.17, 15) is 20.1 Å². The van der Waals surface area contributed by atoms with Crippen LogP contribution in [0.25, 0.3) is 0 Å². The Labute approximate surface area is 174 Å². The zero-order valence-electron chi connectivity index (χ0n) is 15.9. The van der Waals surface area contributed by atoms with Gasteiger partial charge in [-0.25, -0.2) is 0 Å². The number of amides is 1. The maximum atomic E-state index is 13.0. The molecule has 10 atom stereocenters. The van der Waals surface area contributed by atoms with Crippen molar-refractivity contribution in [3.63, 3.8) is 0 Å². The Bertz CT molecular complexity index is 580. The first-order valence-corrected chi connectivity index (χ1v) is 11.3. The standard InChI is InChI=1S/C18H29ClN2O6S/c1-8(19)10(16-13(23)12(22)14(24)18(27-16)28-2)21-17(25)11-15-9(7-20-11)5-3-4-6-26-15/h3,5,8-16,18,20,22-24H,4,6-7H2,1-2H3,(H,21,25)/t8-,9-,10+,11-,12?,13?,14?,15+,16?,18?/m0/s1. The third kappa shape index (κ3) is 4.52. The molecule has 2 saturated heterocycles. The average Bonchev–Trinajstić information content (AvgIpc) is 2.93. The fourth-order valence-electron chi connectivity index (χ4n) is 4.00. The Hall–Kier alpha value is -0.390. The van der Waals surface area contributed by atoms with Crippen molar-refractivity contribution in [1.82, 2.24) is 10.6 Å². The minimum Gasteiger partial charge on any atom is -0.388 e.